The van der Waals surface area contributed by atoms with Crippen LogP contribution >= 0.6 is 0 Å². The second-order valence-electron chi connectivity index (χ2n) is 33.4. The van der Waals surface area contributed by atoms with Crippen LogP contribution in [0.5, 0.6) is 0 Å². The quantitative estimate of drug-likeness (QED) is 0.0245. The lowest BCUT2D eigenvalue weighted by Gasteiger charge is -2.34. The second kappa shape index (κ2) is 45.7. The molecule has 1 aromatic carbocycles. The van der Waals surface area contributed by atoms with Gasteiger partial charge in [-0.2, -0.15) is 16.8 Å². The van der Waals surface area contributed by atoms with Gasteiger partial charge in [0.2, 0.25) is 11.8 Å². The Bertz CT molecular complexity index is 3290. The van der Waals surface area contributed by atoms with Crippen molar-refractivity contribution in [2.75, 3.05) is 129 Å². The largest absolute Gasteiger partial charge is 0.459 e. The van der Waals surface area contributed by atoms with Crippen LogP contribution in [-0.2, 0) is 108 Å². The van der Waals surface area contributed by atoms with E-state index in [0.717, 1.165) is 5.56 Å². The molecule has 1 aromatic rings. The Kier molecular flexibility index (Phi) is 41.2. The van der Waals surface area contributed by atoms with E-state index in [-0.39, 0.29) is 123 Å². The van der Waals surface area contributed by atoms with Crippen LogP contribution in [0.2, 0.25) is 0 Å². The maximum atomic E-state index is 13.8. The molecule has 630 valence electrons. The number of carbonyl (C=O) groups is 11. The number of hydrogen-bond donors (Lipinski definition) is 6. The maximum Gasteiger partial charge on any atom is 0.407 e. The first kappa shape index (κ1) is 99.2. The number of rotatable bonds is 35. The van der Waals surface area contributed by atoms with Crippen LogP contribution in [0.3, 0.4) is 0 Å². The molecule has 0 unspecified atom stereocenters. The Balaban J connectivity index is 0.000000760. The van der Waals surface area contributed by atoms with Gasteiger partial charge >= 0.3 is 41.9 Å². The van der Waals surface area contributed by atoms with E-state index in [1.807, 2.05) is 35.5 Å². The van der Waals surface area contributed by atoms with Crippen molar-refractivity contribution in [1.29, 1.82) is 0 Å². The van der Waals surface area contributed by atoms with Gasteiger partial charge in [0, 0.05) is 111 Å². The van der Waals surface area contributed by atoms with Gasteiger partial charge < -0.3 is 54.8 Å². The average Bonchev–Trinajstić information content (AvgIpc) is 1.23. The van der Waals surface area contributed by atoms with Gasteiger partial charge in [-0.25, -0.2) is 4.79 Å². The summed E-state index contributed by atoms with van der Waals surface area (Å²) in [5.41, 5.74) is 1.68. The standard InChI is InChI=1S/C41H67N5O13S.C33H61N5O11S/c1-39(2,3)57-35(49)26-44-20-21-45(27-36(50)58-40(4,5)6)23-25-46(24-22-44)32(37(51)59-41(7,8)9)17-18-34(48)43-31(29-60(53,54)55)33(47)16-13-19-42-38(52)56-28-30-14-11-10-12-15-30;1-31(2,3)47-28(41)21-36-15-16-37(22-29(42)48-32(4,5)6)18-20-38(19-17-36)25(30(43)49-33(7,8)9)12-13-27(40)35-24(23-50(44,45)46)26(39)11-10-14-34/h10-12,14-15,31-32H,13,16-29H2,1-9H3,(H,42,52)(H,43,48)(H,53,54,55);24-25H,10-23,34H2,1-9H3,(H,35,40)(H,44,45,46)/t31-,32+;24-,25+/m00/s1. The zero-order valence-corrected chi connectivity index (χ0v) is 69.8. The first-order chi connectivity index (χ1) is 50.4. The predicted molar refractivity (Wildman–Crippen MR) is 409 cm³/mol. The van der Waals surface area contributed by atoms with Crippen molar-refractivity contribution in [2.24, 2.45) is 5.73 Å². The van der Waals surface area contributed by atoms with Crippen LogP contribution in [0.15, 0.2) is 30.3 Å². The molecule has 2 saturated heterocycles. The third-order valence-corrected chi connectivity index (χ3v) is 17.3. The van der Waals surface area contributed by atoms with Crippen LogP contribution in [0, 0.1) is 0 Å². The van der Waals surface area contributed by atoms with Gasteiger partial charge in [-0.05, 0) is 162 Å². The first-order valence-electron chi connectivity index (χ1n) is 37.3. The van der Waals surface area contributed by atoms with E-state index in [4.69, 9.17) is 38.9 Å². The fourth-order valence-corrected chi connectivity index (χ4v) is 12.6. The van der Waals surface area contributed by atoms with Crippen molar-refractivity contribution < 1.29 is 112 Å². The highest BCUT2D eigenvalue weighted by molar-refractivity contribution is 7.86. The molecule has 0 aliphatic carbocycles. The fourth-order valence-electron chi connectivity index (χ4n) is 11.2. The van der Waals surface area contributed by atoms with Gasteiger partial charge in [0.15, 0.2) is 11.6 Å². The van der Waals surface area contributed by atoms with Crippen LogP contribution in [0.25, 0.3) is 0 Å². The molecule has 3 amide bonds. The lowest BCUT2D eigenvalue weighted by atomic mass is 10.1. The molecule has 0 spiro atoms. The van der Waals surface area contributed by atoms with Crippen molar-refractivity contribution in [1.82, 2.24) is 45.3 Å². The zero-order chi connectivity index (χ0) is 83.8. The highest BCUT2D eigenvalue weighted by Gasteiger charge is 2.37. The normalized spacial score (nSPS) is 16.8. The van der Waals surface area contributed by atoms with E-state index in [1.54, 1.807) is 149 Å². The molecule has 36 heteroatoms. The Hall–Kier alpha value is -6.87. The molecule has 3 rings (SSSR count). The molecule has 2 fully saturated rings. The number of ether oxygens (including phenoxy) is 7. The molecule has 4 atom stereocenters. The molecule has 0 aromatic heterocycles. The number of carbonyl (C=O) groups excluding carboxylic acids is 11. The lowest BCUT2D eigenvalue weighted by molar-refractivity contribution is -0.163. The van der Waals surface area contributed by atoms with Crippen LogP contribution in [-0.4, -0.2) is 308 Å². The second-order valence-corrected chi connectivity index (χ2v) is 36.3. The van der Waals surface area contributed by atoms with Gasteiger partial charge in [0.25, 0.3) is 20.2 Å². The molecule has 0 bridgehead atoms. The SMILES string of the molecule is CC(C)(C)OC(=O)CN1CCN(CC(=O)OC(C)(C)C)CCN([C@H](CCC(=O)N[C@@H](CS(=O)(=O)O)C(=O)CCCN)C(=O)OC(C)(C)C)CC1.CC(C)(C)OC(=O)CN1CCN(CC(=O)OC(C)(C)C)CCN([C@H](CCC(=O)N[C@@H](CS(=O)(=O)O)C(=O)CCCNC(=O)OCc2ccccc2)C(=O)OC(C)(C)C)CC1. The summed E-state index contributed by atoms with van der Waals surface area (Å²) in [6, 6.07) is 3.94. The molecule has 2 heterocycles. The van der Waals surface area contributed by atoms with Gasteiger partial charge in [0.1, 0.15) is 75.9 Å². The van der Waals surface area contributed by atoms with Crippen molar-refractivity contribution in [2.45, 2.75) is 240 Å². The van der Waals surface area contributed by atoms with Crippen LogP contribution in [0.1, 0.15) is 182 Å². The molecule has 7 N–H and O–H groups in total. The van der Waals surface area contributed by atoms with E-state index in [0.29, 0.717) is 52.4 Å². The number of ketones is 2. The number of nitrogens with two attached hydrogens (primary N) is 1. The summed E-state index contributed by atoms with van der Waals surface area (Å²) in [7, 11) is -9.32. The number of alkyl carbamates (subject to hydrolysis) is 1. The molecular formula is C74H128N10O24S2. The van der Waals surface area contributed by atoms with Gasteiger partial charge in [-0.1, -0.05) is 30.3 Å². The van der Waals surface area contributed by atoms with E-state index in [1.165, 1.54) is 0 Å². The summed E-state index contributed by atoms with van der Waals surface area (Å²) in [5.74, 6) is -7.80. The smallest absolute Gasteiger partial charge is 0.407 e. The number of amides is 3. The fraction of sp³-hybridized carbons (Fsp3) is 0.770. The summed E-state index contributed by atoms with van der Waals surface area (Å²) in [4.78, 5) is 154. The molecule has 34 nitrogen and oxygen atoms in total. The van der Waals surface area contributed by atoms with E-state index < -0.39 is 155 Å². The molecule has 0 saturated carbocycles. The minimum Gasteiger partial charge on any atom is -0.459 e. The zero-order valence-electron chi connectivity index (χ0n) is 68.2. The van der Waals surface area contributed by atoms with Gasteiger partial charge in [0.05, 0.1) is 26.2 Å². The topological polar surface area (TPSA) is 443 Å². The number of nitrogens with one attached hydrogen (secondary N) is 3. The third-order valence-electron chi connectivity index (χ3n) is 15.8. The Morgan fingerprint density at radius 2 is 0.718 bits per heavy atom. The average molecular weight is 1610 g/mol. The predicted octanol–water partition coefficient (Wildman–Crippen LogP) is 3.49. The Morgan fingerprint density at radius 1 is 0.427 bits per heavy atom. The highest BCUT2D eigenvalue weighted by atomic mass is 32.2. The minimum atomic E-state index is -4.72. The summed E-state index contributed by atoms with van der Waals surface area (Å²) in [6.45, 7) is 35.6. The van der Waals surface area contributed by atoms with E-state index in [2.05, 4.69) is 16.0 Å². The summed E-state index contributed by atoms with van der Waals surface area (Å²) < 4.78 is 105. The third kappa shape index (κ3) is 48.1. The number of Topliss-reactive ketones (excluding diaryl/α,β-unsaturated/α-hetero) is 2. The number of nitrogens with zero attached hydrogens (tertiary/aromatic N) is 6. The molecular weight excluding hydrogens is 1480 g/mol. The summed E-state index contributed by atoms with van der Waals surface area (Å²) in [6.07, 6.45) is -1.49. The molecule has 2 aliphatic heterocycles. The highest BCUT2D eigenvalue weighted by Crippen LogP contribution is 2.21. The monoisotopic (exact) mass is 1600 g/mol. The van der Waals surface area contributed by atoms with Crippen LogP contribution in [0.4, 0.5) is 4.79 Å². The molecule has 110 heavy (non-hydrogen) atoms. The van der Waals surface area contributed by atoms with E-state index >= 15 is 0 Å². The molecule has 2 aliphatic rings. The lowest BCUT2D eigenvalue weighted by Crippen LogP contribution is -2.50. The van der Waals surface area contributed by atoms with Gasteiger partial charge in [-0.15, -0.1) is 0 Å². The number of benzene rings is 1. The Morgan fingerprint density at radius 3 is 1.00 bits per heavy atom. The first-order valence-corrected chi connectivity index (χ1v) is 40.6. The Labute approximate surface area is 651 Å². The van der Waals surface area contributed by atoms with Crippen molar-refractivity contribution in [3.8, 4) is 0 Å². The van der Waals surface area contributed by atoms with Gasteiger partial charge in [-0.3, -0.25) is 86.5 Å². The van der Waals surface area contributed by atoms with Crippen molar-refractivity contribution in [3.63, 3.8) is 0 Å². The van der Waals surface area contributed by atoms with Crippen molar-refractivity contribution >= 4 is 85.5 Å². The summed E-state index contributed by atoms with van der Waals surface area (Å²) >= 11 is 0. The van der Waals surface area contributed by atoms with Crippen molar-refractivity contribution in [3.05, 3.63) is 35.9 Å². The molecule has 0 radical (unpaired) electrons. The summed E-state index contributed by atoms with van der Waals surface area (Å²) in [5, 5.41) is 7.31. The number of hydrogen-bond acceptors (Lipinski definition) is 29. The minimum absolute atomic E-state index is 0.0176. The van der Waals surface area contributed by atoms with Crippen LogP contribution < -0.4 is 21.7 Å². The van der Waals surface area contributed by atoms with E-state index in [9.17, 15) is 78.7 Å². The number of esters is 6. The maximum absolute atomic E-state index is 13.8.